The van der Waals surface area contributed by atoms with Gasteiger partial charge in [0.25, 0.3) is 0 Å². The smallest absolute Gasteiger partial charge is 0.225 e. The Kier molecular flexibility index (Phi) is 8.07. The highest BCUT2D eigenvalue weighted by molar-refractivity contribution is 5.78. The number of ether oxygens (including phenoxy) is 1. The Morgan fingerprint density at radius 2 is 1.84 bits per heavy atom. The van der Waals surface area contributed by atoms with Crippen LogP contribution in [0.1, 0.15) is 52.4 Å². The fourth-order valence-electron chi connectivity index (χ4n) is 2.82. The number of amides is 1. The number of nitrogens with two attached hydrogens (primary N) is 1. The quantitative estimate of drug-likeness (QED) is 0.735. The average molecular weight is 270 g/mol. The van der Waals surface area contributed by atoms with Crippen LogP contribution >= 0.6 is 0 Å². The second-order valence-electron chi connectivity index (χ2n) is 5.46. The van der Waals surface area contributed by atoms with Gasteiger partial charge in [-0.05, 0) is 25.7 Å². The average Bonchev–Trinajstić information content (AvgIpc) is 2.44. The van der Waals surface area contributed by atoms with Crippen LogP contribution in [-0.2, 0) is 9.53 Å². The van der Waals surface area contributed by atoms with Crippen LogP contribution in [0.3, 0.4) is 0 Å². The molecule has 112 valence electrons. The highest BCUT2D eigenvalue weighted by Crippen LogP contribution is 2.21. The van der Waals surface area contributed by atoms with Crippen molar-refractivity contribution in [3.63, 3.8) is 0 Å². The number of carbonyl (C=O) groups excluding carboxylic acids is 1. The Labute approximate surface area is 117 Å². The van der Waals surface area contributed by atoms with Crippen LogP contribution in [0, 0.1) is 5.92 Å². The summed E-state index contributed by atoms with van der Waals surface area (Å²) in [4.78, 5) is 14.5. The number of hydrogen-bond donors (Lipinski definition) is 1. The Morgan fingerprint density at radius 1 is 1.26 bits per heavy atom. The minimum Gasteiger partial charge on any atom is -0.377 e. The summed E-state index contributed by atoms with van der Waals surface area (Å²) in [7, 11) is 0. The van der Waals surface area contributed by atoms with Gasteiger partial charge >= 0.3 is 0 Å². The Morgan fingerprint density at radius 3 is 2.32 bits per heavy atom. The van der Waals surface area contributed by atoms with E-state index < -0.39 is 0 Å². The molecule has 0 radical (unpaired) electrons. The lowest BCUT2D eigenvalue weighted by Crippen LogP contribution is -2.43. The van der Waals surface area contributed by atoms with Gasteiger partial charge < -0.3 is 15.4 Å². The van der Waals surface area contributed by atoms with Crippen molar-refractivity contribution in [2.75, 3.05) is 26.2 Å². The number of likely N-dealkylation sites (tertiary alicyclic amines) is 1. The third-order valence-corrected chi connectivity index (χ3v) is 3.85. The van der Waals surface area contributed by atoms with Crippen molar-refractivity contribution < 1.29 is 9.53 Å². The first kappa shape index (κ1) is 16.4. The summed E-state index contributed by atoms with van der Waals surface area (Å²) in [5.74, 6) is 0.595. The van der Waals surface area contributed by atoms with Gasteiger partial charge in [0.05, 0.1) is 12.7 Å². The molecule has 0 aromatic heterocycles. The van der Waals surface area contributed by atoms with Crippen LogP contribution in [0.2, 0.25) is 0 Å². The maximum absolute atomic E-state index is 12.5. The van der Waals surface area contributed by atoms with Gasteiger partial charge in [0, 0.05) is 25.6 Å². The predicted octanol–water partition coefficient (Wildman–Crippen LogP) is 2.17. The lowest BCUT2D eigenvalue weighted by atomic mass is 9.95. The van der Waals surface area contributed by atoms with E-state index >= 15 is 0 Å². The second kappa shape index (κ2) is 9.32. The van der Waals surface area contributed by atoms with Crippen LogP contribution in [0.5, 0.6) is 0 Å². The molecule has 0 bridgehead atoms. The zero-order valence-corrected chi connectivity index (χ0v) is 12.6. The number of rotatable bonds is 8. The first-order valence-corrected chi connectivity index (χ1v) is 7.83. The van der Waals surface area contributed by atoms with E-state index in [2.05, 4.69) is 13.8 Å². The molecule has 0 aliphatic carbocycles. The fraction of sp³-hybridized carbons (Fsp3) is 0.933. The molecule has 1 saturated heterocycles. The molecule has 1 aliphatic heterocycles. The Bertz CT molecular complexity index is 245. The van der Waals surface area contributed by atoms with Crippen molar-refractivity contribution in [1.29, 1.82) is 0 Å². The van der Waals surface area contributed by atoms with E-state index in [0.717, 1.165) is 51.6 Å². The molecule has 0 saturated carbocycles. The molecular weight excluding hydrogens is 240 g/mol. The van der Waals surface area contributed by atoms with Gasteiger partial charge in [-0.2, -0.15) is 0 Å². The van der Waals surface area contributed by atoms with E-state index in [1.54, 1.807) is 0 Å². The van der Waals surface area contributed by atoms with Crippen molar-refractivity contribution in [3.8, 4) is 0 Å². The summed E-state index contributed by atoms with van der Waals surface area (Å²) in [5.41, 5.74) is 5.44. The van der Waals surface area contributed by atoms with Crippen LogP contribution in [0.4, 0.5) is 0 Å². The van der Waals surface area contributed by atoms with Gasteiger partial charge in [-0.1, -0.05) is 26.7 Å². The molecule has 1 heterocycles. The monoisotopic (exact) mass is 270 g/mol. The van der Waals surface area contributed by atoms with Crippen molar-refractivity contribution in [1.82, 2.24) is 4.90 Å². The first-order chi connectivity index (χ1) is 9.22. The molecule has 0 spiro atoms. The summed E-state index contributed by atoms with van der Waals surface area (Å²) < 4.78 is 5.65. The number of nitrogens with zero attached hydrogens (tertiary/aromatic N) is 1. The molecule has 1 rings (SSSR count). The van der Waals surface area contributed by atoms with Gasteiger partial charge in [-0.3, -0.25) is 4.79 Å². The van der Waals surface area contributed by atoms with Crippen molar-refractivity contribution in [2.24, 2.45) is 11.7 Å². The number of hydrogen-bond acceptors (Lipinski definition) is 3. The Balaban J connectivity index is 2.37. The van der Waals surface area contributed by atoms with E-state index in [1.807, 2.05) is 4.90 Å². The van der Waals surface area contributed by atoms with E-state index in [-0.39, 0.29) is 5.92 Å². The molecule has 1 amide bonds. The molecule has 1 fully saturated rings. The largest absolute Gasteiger partial charge is 0.377 e. The van der Waals surface area contributed by atoms with Crippen LogP contribution in [0.25, 0.3) is 0 Å². The van der Waals surface area contributed by atoms with Gasteiger partial charge in [-0.25, -0.2) is 0 Å². The summed E-state index contributed by atoms with van der Waals surface area (Å²) in [5, 5.41) is 0. The van der Waals surface area contributed by atoms with Gasteiger partial charge in [0.1, 0.15) is 0 Å². The summed E-state index contributed by atoms with van der Waals surface area (Å²) in [6.45, 7) is 7.21. The van der Waals surface area contributed by atoms with Crippen molar-refractivity contribution in [3.05, 3.63) is 0 Å². The lowest BCUT2D eigenvalue weighted by molar-refractivity contribution is -0.138. The van der Waals surface area contributed by atoms with E-state index in [0.29, 0.717) is 25.2 Å². The minimum atomic E-state index is 0.233. The maximum Gasteiger partial charge on any atom is 0.225 e. The third kappa shape index (κ3) is 5.49. The molecular formula is C15H30N2O2. The molecule has 2 N–H and O–H groups in total. The van der Waals surface area contributed by atoms with Gasteiger partial charge in [-0.15, -0.1) is 0 Å². The maximum atomic E-state index is 12.5. The normalized spacial score (nSPS) is 17.2. The second-order valence-corrected chi connectivity index (χ2v) is 5.46. The first-order valence-electron chi connectivity index (χ1n) is 7.83. The third-order valence-electron chi connectivity index (χ3n) is 3.85. The molecule has 0 unspecified atom stereocenters. The van der Waals surface area contributed by atoms with Gasteiger partial charge in [0.2, 0.25) is 5.91 Å². The molecule has 1 aliphatic rings. The zero-order valence-electron chi connectivity index (χ0n) is 12.6. The van der Waals surface area contributed by atoms with Crippen LogP contribution < -0.4 is 5.73 Å². The standard InChI is InChI=1S/C15H30N2O2/c1-3-5-13(6-4-2)15(18)17-10-7-14(8-11-17)19-12-9-16/h13-14H,3-12,16H2,1-2H3. The highest BCUT2D eigenvalue weighted by atomic mass is 16.5. The van der Waals surface area contributed by atoms with Crippen LogP contribution in [0.15, 0.2) is 0 Å². The summed E-state index contributed by atoms with van der Waals surface area (Å²) in [6.07, 6.45) is 6.43. The van der Waals surface area contributed by atoms with E-state index in [9.17, 15) is 4.79 Å². The van der Waals surface area contributed by atoms with E-state index in [4.69, 9.17) is 10.5 Å². The molecule has 4 heteroatoms. The summed E-state index contributed by atoms with van der Waals surface area (Å²) >= 11 is 0. The van der Waals surface area contributed by atoms with Crippen molar-refractivity contribution >= 4 is 5.91 Å². The minimum absolute atomic E-state index is 0.233. The van der Waals surface area contributed by atoms with E-state index in [1.165, 1.54) is 0 Å². The molecule has 19 heavy (non-hydrogen) atoms. The highest BCUT2D eigenvalue weighted by Gasteiger charge is 2.27. The SMILES string of the molecule is CCCC(CCC)C(=O)N1CCC(OCCN)CC1. The zero-order chi connectivity index (χ0) is 14.1. The topological polar surface area (TPSA) is 55.6 Å². The number of carbonyl (C=O) groups is 1. The van der Waals surface area contributed by atoms with Crippen LogP contribution in [-0.4, -0.2) is 43.2 Å². The van der Waals surface area contributed by atoms with Gasteiger partial charge in [0.15, 0.2) is 0 Å². The fourth-order valence-corrected chi connectivity index (χ4v) is 2.82. The molecule has 0 aromatic carbocycles. The lowest BCUT2D eigenvalue weighted by Gasteiger charge is -2.34. The Hall–Kier alpha value is -0.610. The molecule has 0 atom stereocenters. The molecule has 4 nitrogen and oxygen atoms in total. The molecule has 0 aromatic rings. The van der Waals surface area contributed by atoms with Crippen molar-refractivity contribution in [2.45, 2.75) is 58.5 Å². The predicted molar refractivity (Wildman–Crippen MR) is 77.9 cm³/mol. The number of piperidine rings is 1. The summed E-state index contributed by atoms with van der Waals surface area (Å²) in [6, 6.07) is 0.